The number of hydrogen-bond donors (Lipinski definition) is 0. The lowest BCUT2D eigenvalue weighted by molar-refractivity contribution is 0.0997. The highest BCUT2D eigenvalue weighted by Gasteiger charge is 2.29. The molecule has 0 radical (unpaired) electrons. The SMILES string of the molecule is CCCn1c(=NC(=O)c2ccc(S(=O)(=O)N(C)C3CCCCC3)cc2)sc2cc(OC)c(OC)cc21. The largest absolute Gasteiger partial charge is 0.493 e. The van der Waals surface area contributed by atoms with Gasteiger partial charge in [0.25, 0.3) is 5.91 Å². The molecule has 0 saturated heterocycles. The summed E-state index contributed by atoms with van der Waals surface area (Å²) in [5.74, 6) is 0.804. The minimum absolute atomic E-state index is 0.0271. The van der Waals surface area contributed by atoms with Crippen molar-refractivity contribution in [3.8, 4) is 11.5 Å². The number of nitrogens with zero attached hydrogens (tertiary/aromatic N) is 3. The van der Waals surface area contributed by atoms with E-state index in [1.54, 1.807) is 21.3 Å². The Labute approximate surface area is 216 Å². The molecule has 0 aliphatic heterocycles. The molecule has 1 aromatic heterocycles. The molecule has 8 nitrogen and oxygen atoms in total. The molecule has 0 unspecified atom stereocenters. The van der Waals surface area contributed by atoms with Gasteiger partial charge in [-0.15, -0.1) is 0 Å². The highest BCUT2D eigenvalue weighted by Crippen LogP contribution is 2.33. The van der Waals surface area contributed by atoms with Gasteiger partial charge in [-0.25, -0.2) is 8.42 Å². The number of rotatable bonds is 8. The number of thiazole rings is 1. The van der Waals surface area contributed by atoms with Crippen molar-refractivity contribution in [3.63, 3.8) is 0 Å². The summed E-state index contributed by atoms with van der Waals surface area (Å²) in [7, 11) is 1.21. The van der Waals surface area contributed by atoms with Crippen LogP contribution in [0.25, 0.3) is 10.2 Å². The molecule has 0 N–H and O–H groups in total. The standard InChI is InChI=1S/C26H33N3O5S2/c1-5-15-29-21-16-22(33-3)23(34-4)17-24(21)35-26(29)27-25(30)18-11-13-20(14-12-18)36(31,32)28(2)19-9-7-6-8-10-19/h11-14,16-17,19H,5-10,15H2,1-4H3. The summed E-state index contributed by atoms with van der Waals surface area (Å²) in [6.45, 7) is 2.75. The molecule has 1 saturated carbocycles. The topological polar surface area (TPSA) is 90.2 Å². The van der Waals surface area contributed by atoms with Gasteiger partial charge >= 0.3 is 0 Å². The maximum Gasteiger partial charge on any atom is 0.279 e. The number of carbonyl (C=O) groups excluding carboxylic acids is 1. The van der Waals surface area contributed by atoms with Crippen molar-refractivity contribution in [3.05, 3.63) is 46.8 Å². The van der Waals surface area contributed by atoms with Crippen LogP contribution in [0.5, 0.6) is 11.5 Å². The van der Waals surface area contributed by atoms with E-state index in [-0.39, 0.29) is 10.9 Å². The van der Waals surface area contributed by atoms with E-state index in [9.17, 15) is 13.2 Å². The number of methoxy groups -OCH3 is 2. The van der Waals surface area contributed by atoms with E-state index in [1.807, 2.05) is 16.7 Å². The third-order valence-corrected chi connectivity index (χ3v) is 9.67. The first-order valence-electron chi connectivity index (χ1n) is 12.2. The Balaban J connectivity index is 1.65. The van der Waals surface area contributed by atoms with Crippen LogP contribution in [-0.4, -0.2) is 50.5 Å². The fraction of sp³-hybridized carbons (Fsp3) is 0.462. The Morgan fingerprint density at radius 1 is 1.08 bits per heavy atom. The summed E-state index contributed by atoms with van der Waals surface area (Å²) in [5, 5.41) is 0. The van der Waals surface area contributed by atoms with E-state index in [0.717, 1.165) is 48.7 Å². The zero-order valence-electron chi connectivity index (χ0n) is 21.2. The minimum Gasteiger partial charge on any atom is -0.493 e. The molecule has 3 aromatic rings. The molecule has 1 aliphatic rings. The van der Waals surface area contributed by atoms with Crippen LogP contribution in [0.4, 0.5) is 0 Å². The number of hydrogen-bond acceptors (Lipinski definition) is 6. The van der Waals surface area contributed by atoms with Gasteiger partial charge in [0.15, 0.2) is 16.3 Å². The molecular weight excluding hydrogens is 498 g/mol. The summed E-state index contributed by atoms with van der Waals surface area (Å²) in [6, 6.07) is 9.88. The van der Waals surface area contributed by atoms with Gasteiger partial charge in [-0.05, 0) is 43.5 Å². The van der Waals surface area contributed by atoms with Crippen LogP contribution in [0.15, 0.2) is 46.3 Å². The maximum atomic E-state index is 13.1. The first-order valence-corrected chi connectivity index (χ1v) is 14.5. The van der Waals surface area contributed by atoms with E-state index in [2.05, 4.69) is 11.9 Å². The Morgan fingerprint density at radius 2 is 1.72 bits per heavy atom. The summed E-state index contributed by atoms with van der Waals surface area (Å²) < 4.78 is 41.5. The summed E-state index contributed by atoms with van der Waals surface area (Å²) in [6.07, 6.45) is 5.89. The van der Waals surface area contributed by atoms with Gasteiger partial charge in [0.05, 0.1) is 29.3 Å². The molecule has 1 aliphatic carbocycles. The van der Waals surface area contributed by atoms with Gasteiger partial charge in [0.2, 0.25) is 10.0 Å². The fourth-order valence-corrected chi connectivity index (χ4v) is 7.13. The van der Waals surface area contributed by atoms with E-state index < -0.39 is 15.9 Å². The lowest BCUT2D eigenvalue weighted by atomic mass is 9.96. The van der Waals surface area contributed by atoms with Crippen LogP contribution in [0.2, 0.25) is 0 Å². The Hall–Kier alpha value is -2.69. The lowest BCUT2D eigenvalue weighted by Crippen LogP contribution is -2.38. The van der Waals surface area contributed by atoms with Crippen molar-refractivity contribution in [2.45, 2.75) is 62.9 Å². The second-order valence-electron chi connectivity index (χ2n) is 8.97. The highest BCUT2D eigenvalue weighted by atomic mass is 32.2. The zero-order valence-corrected chi connectivity index (χ0v) is 22.8. The zero-order chi connectivity index (χ0) is 25.9. The number of aromatic nitrogens is 1. The fourth-order valence-electron chi connectivity index (χ4n) is 4.65. The normalized spacial score (nSPS) is 15.5. The molecule has 4 rings (SSSR count). The van der Waals surface area contributed by atoms with Crippen LogP contribution < -0.4 is 14.3 Å². The van der Waals surface area contributed by atoms with Gasteiger partial charge in [0.1, 0.15) is 0 Å². The van der Waals surface area contributed by atoms with Gasteiger partial charge in [-0.2, -0.15) is 9.30 Å². The van der Waals surface area contributed by atoms with E-state index in [4.69, 9.17) is 9.47 Å². The van der Waals surface area contributed by atoms with Crippen molar-refractivity contribution in [1.82, 2.24) is 8.87 Å². The molecule has 10 heteroatoms. The quantitative estimate of drug-likeness (QED) is 0.416. The molecule has 1 fully saturated rings. The molecule has 0 spiro atoms. The van der Waals surface area contributed by atoms with Gasteiger partial charge in [0, 0.05) is 37.3 Å². The molecule has 1 amide bonds. The number of fused-ring (bicyclic) bond motifs is 1. The monoisotopic (exact) mass is 531 g/mol. The number of amides is 1. The second kappa shape index (κ2) is 11.1. The van der Waals surface area contributed by atoms with Crippen molar-refractivity contribution in [1.29, 1.82) is 0 Å². The Kier molecular flexibility index (Phi) is 8.17. The summed E-state index contributed by atoms with van der Waals surface area (Å²) >= 11 is 1.40. The average molecular weight is 532 g/mol. The lowest BCUT2D eigenvalue weighted by Gasteiger charge is -2.30. The number of aryl methyl sites for hydroxylation is 1. The van der Waals surface area contributed by atoms with E-state index in [0.29, 0.717) is 28.4 Å². The molecule has 0 bridgehead atoms. The molecular formula is C26H33N3O5S2. The number of benzene rings is 2. The van der Waals surface area contributed by atoms with E-state index in [1.165, 1.54) is 39.9 Å². The third-order valence-electron chi connectivity index (χ3n) is 6.70. The molecule has 194 valence electrons. The molecule has 2 aromatic carbocycles. The minimum atomic E-state index is -3.62. The Morgan fingerprint density at radius 3 is 2.33 bits per heavy atom. The van der Waals surface area contributed by atoms with Gasteiger partial charge in [-0.3, -0.25) is 4.79 Å². The first-order chi connectivity index (χ1) is 17.3. The van der Waals surface area contributed by atoms with Gasteiger partial charge < -0.3 is 14.0 Å². The summed E-state index contributed by atoms with van der Waals surface area (Å²) in [4.78, 5) is 18.2. The molecule has 36 heavy (non-hydrogen) atoms. The predicted octanol–water partition coefficient (Wildman–Crippen LogP) is 4.82. The summed E-state index contributed by atoms with van der Waals surface area (Å²) in [5.41, 5.74) is 1.25. The van der Waals surface area contributed by atoms with Crippen molar-refractivity contribution in [2.24, 2.45) is 4.99 Å². The predicted molar refractivity (Wildman–Crippen MR) is 141 cm³/mol. The molecule has 1 heterocycles. The van der Waals surface area contributed by atoms with Crippen molar-refractivity contribution >= 4 is 37.5 Å². The highest BCUT2D eigenvalue weighted by molar-refractivity contribution is 7.89. The van der Waals surface area contributed by atoms with Crippen molar-refractivity contribution in [2.75, 3.05) is 21.3 Å². The van der Waals surface area contributed by atoms with E-state index >= 15 is 0 Å². The van der Waals surface area contributed by atoms with Crippen LogP contribution >= 0.6 is 11.3 Å². The smallest absolute Gasteiger partial charge is 0.279 e. The molecule has 0 atom stereocenters. The van der Waals surface area contributed by atoms with Crippen LogP contribution in [-0.2, 0) is 16.6 Å². The number of ether oxygens (including phenoxy) is 2. The first kappa shape index (κ1) is 26.4. The third kappa shape index (κ3) is 5.21. The van der Waals surface area contributed by atoms with Gasteiger partial charge in [-0.1, -0.05) is 37.5 Å². The average Bonchev–Trinajstić information content (AvgIpc) is 3.23. The van der Waals surface area contributed by atoms with Crippen LogP contribution in [0, 0.1) is 0 Å². The van der Waals surface area contributed by atoms with Crippen LogP contribution in [0.3, 0.4) is 0 Å². The Bertz CT molecular complexity index is 1400. The number of sulfonamides is 1. The van der Waals surface area contributed by atoms with Crippen LogP contribution in [0.1, 0.15) is 55.8 Å². The van der Waals surface area contributed by atoms with Crippen molar-refractivity contribution < 1.29 is 22.7 Å². The second-order valence-corrected chi connectivity index (χ2v) is 12.0. The maximum absolute atomic E-state index is 13.1. The number of carbonyl (C=O) groups is 1.